The van der Waals surface area contributed by atoms with E-state index in [1.165, 1.54) is 12.4 Å². The summed E-state index contributed by atoms with van der Waals surface area (Å²) >= 11 is 0. The number of nitrogens with zero attached hydrogens (tertiary/aromatic N) is 1. The zero-order valence-corrected chi connectivity index (χ0v) is 13.6. The lowest BCUT2D eigenvalue weighted by molar-refractivity contribution is -0.160. The number of carbonyl (C=O) groups excluding carboxylic acids is 2. The minimum Gasteiger partial charge on any atom is -0.495 e. The maximum absolute atomic E-state index is 12.0. The lowest BCUT2D eigenvalue weighted by atomic mass is 9.44. The molecule has 0 aromatic heterocycles. The molecule has 4 rings (SSSR count). The Labute approximate surface area is 132 Å². The summed E-state index contributed by atoms with van der Waals surface area (Å²) in [4.78, 5) is 25.9. The Balaban J connectivity index is 1.73. The van der Waals surface area contributed by atoms with Gasteiger partial charge in [0.1, 0.15) is 0 Å². The zero-order valence-electron chi connectivity index (χ0n) is 13.6. The van der Waals surface area contributed by atoms with Gasteiger partial charge in [0, 0.05) is 6.04 Å². The first kappa shape index (κ1) is 15.6. The fourth-order valence-corrected chi connectivity index (χ4v) is 4.68. The second kappa shape index (κ2) is 5.41. The van der Waals surface area contributed by atoms with Crippen molar-refractivity contribution in [3.05, 3.63) is 12.6 Å². The average Bonchev–Trinajstić information content (AvgIpc) is 2.43. The molecule has 3 aliphatic carbocycles. The minimum absolute atomic E-state index is 0.147. The molecule has 120 valence electrons. The largest absolute Gasteiger partial charge is 0.628 e. The Morgan fingerprint density at radius 1 is 1.23 bits per heavy atom. The van der Waals surface area contributed by atoms with Crippen molar-refractivity contribution in [2.45, 2.75) is 39.7 Å². The van der Waals surface area contributed by atoms with Gasteiger partial charge in [-0.2, -0.15) is 0 Å². The maximum atomic E-state index is 12.0. The molecule has 22 heavy (non-hydrogen) atoms. The van der Waals surface area contributed by atoms with Gasteiger partial charge in [-0.3, -0.25) is 14.5 Å². The van der Waals surface area contributed by atoms with E-state index in [1.54, 1.807) is 0 Å². The zero-order chi connectivity index (χ0) is 16.1. The van der Waals surface area contributed by atoms with Crippen molar-refractivity contribution in [1.29, 1.82) is 0 Å². The van der Waals surface area contributed by atoms with Crippen LogP contribution in [0.5, 0.6) is 0 Å². The van der Waals surface area contributed by atoms with Gasteiger partial charge in [-0.25, -0.2) is 0 Å². The smallest absolute Gasteiger partial charge is 0.495 e. The molecule has 6 heteroatoms. The summed E-state index contributed by atoms with van der Waals surface area (Å²) in [5.41, 5.74) is 0.383. The van der Waals surface area contributed by atoms with Gasteiger partial charge in [-0.1, -0.05) is 20.8 Å². The maximum Gasteiger partial charge on any atom is 0.628 e. The van der Waals surface area contributed by atoms with Crippen molar-refractivity contribution in [2.75, 3.05) is 13.1 Å². The number of carbonyl (C=O) groups is 2. The van der Waals surface area contributed by atoms with Crippen LogP contribution < -0.4 is 0 Å². The summed E-state index contributed by atoms with van der Waals surface area (Å²) in [5.74, 6) is 2.42. The SMILES string of the molecule is C=CB1OC(=O)CN([C@H]2C[C@@H]3C[C@H]([C@H]2C)C3(C)C)CC(=O)O1. The van der Waals surface area contributed by atoms with Gasteiger partial charge >= 0.3 is 19.1 Å². The van der Waals surface area contributed by atoms with Crippen LogP contribution in [-0.2, 0) is 18.9 Å². The minimum atomic E-state index is -0.960. The molecule has 0 N–H and O–H groups in total. The fraction of sp³-hybridized carbons (Fsp3) is 0.750. The van der Waals surface area contributed by atoms with Crippen LogP contribution in [0.2, 0.25) is 0 Å². The highest BCUT2D eigenvalue weighted by molar-refractivity contribution is 6.54. The summed E-state index contributed by atoms with van der Waals surface area (Å²) in [7, 11) is -0.960. The van der Waals surface area contributed by atoms with E-state index in [2.05, 4.69) is 27.4 Å². The van der Waals surface area contributed by atoms with Gasteiger partial charge in [-0.05, 0) is 42.0 Å². The third-order valence-corrected chi connectivity index (χ3v) is 6.13. The average molecular weight is 305 g/mol. The van der Waals surface area contributed by atoms with Crippen molar-refractivity contribution in [3.63, 3.8) is 0 Å². The molecule has 4 atom stereocenters. The number of hydrogen-bond acceptors (Lipinski definition) is 5. The van der Waals surface area contributed by atoms with E-state index in [-0.39, 0.29) is 31.1 Å². The Morgan fingerprint density at radius 2 is 1.82 bits per heavy atom. The van der Waals surface area contributed by atoms with Crippen molar-refractivity contribution in [1.82, 2.24) is 4.90 Å². The van der Waals surface area contributed by atoms with E-state index in [0.29, 0.717) is 23.2 Å². The fourth-order valence-electron chi connectivity index (χ4n) is 4.68. The van der Waals surface area contributed by atoms with Crippen molar-refractivity contribution in [2.24, 2.45) is 23.2 Å². The number of rotatable bonds is 2. The predicted octanol–water partition coefficient (Wildman–Crippen LogP) is 1.67. The molecule has 3 saturated carbocycles. The van der Waals surface area contributed by atoms with Crippen LogP contribution >= 0.6 is 0 Å². The van der Waals surface area contributed by atoms with Crippen molar-refractivity contribution >= 4 is 19.1 Å². The number of fused-ring (bicyclic) bond motifs is 2. The lowest BCUT2D eigenvalue weighted by Gasteiger charge is -2.63. The van der Waals surface area contributed by atoms with Gasteiger partial charge in [0.2, 0.25) is 0 Å². The third kappa shape index (κ3) is 2.47. The molecule has 5 nitrogen and oxygen atoms in total. The van der Waals surface area contributed by atoms with E-state index in [0.717, 1.165) is 6.42 Å². The summed E-state index contributed by atoms with van der Waals surface area (Å²) < 4.78 is 10.2. The molecule has 1 saturated heterocycles. The van der Waals surface area contributed by atoms with Crippen molar-refractivity contribution in [3.8, 4) is 0 Å². The normalized spacial score (nSPS) is 38.2. The highest BCUT2D eigenvalue weighted by atomic mass is 16.6. The molecule has 4 aliphatic rings. The second-order valence-corrected chi connectivity index (χ2v) is 7.51. The Kier molecular flexibility index (Phi) is 3.83. The molecule has 0 spiro atoms. The van der Waals surface area contributed by atoms with Crippen LogP contribution in [0.15, 0.2) is 12.6 Å². The first-order chi connectivity index (χ1) is 10.3. The highest BCUT2D eigenvalue weighted by Crippen LogP contribution is 2.61. The van der Waals surface area contributed by atoms with E-state index < -0.39 is 7.12 Å². The van der Waals surface area contributed by atoms with Crippen LogP contribution in [0.4, 0.5) is 0 Å². The summed E-state index contributed by atoms with van der Waals surface area (Å²) in [6.07, 6.45) is 2.31. The lowest BCUT2D eigenvalue weighted by Crippen LogP contribution is -2.62. The summed E-state index contributed by atoms with van der Waals surface area (Å²) in [5, 5.41) is 0. The molecule has 1 heterocycles. The number of hydrogen-bond donors (Lipinski definition) is 0. The van der Waals surface area contributed by atoms with Crippen LogP contribution in [0.1, 0.15) is 33.6 Å². The van der Waals surface area contributed by atoms with Crippen LogP contribution in [-0.4, -0.2) is 43.1 Å². The first-order valence-electron chi connectivity index (χ1n) is 8.08. The molecular weight excluding hydrogens is 281 g/mol. The van der Waals surface area contributed by atoms with Gasteiger partial charge in [0.15, 0.2) is 0 Å². The van der Waals surface area contributed by atoms with E-state index in [9.17, 15) is 9.59 Å². The Morgan fingerprint density at radius 3 is 2.27 bits per heavy atom. The molecule has 0 aromatic carbocycles. The molecular formula is C16H24BNO4. The highest BCUT2D eigenvalue weighted by Gasteiger charge is 2.57. The monoisotopic (exact) mass is 305 g/mol. The first-order valence-corrected chi connectivity index (χ1v) is 8.08. The molecule has 0 radical (unpaired) electrons. The molecule has 1 aliphatic heterocycles. The van der Waals surface area contributed by atoms with Gasteiger partial charge < -0.3 is 9.31 Å². The molecule has 0 amide bonds. The topological polar surface area (TPSA) is 55.8 Å². The van der Waals surface area contributed by atoms with Gasteiger partial charge in [0.05, 0.1) is 13.1 Å². The quantitative estimate of drug-likeness (QED) is 0.726. The standard InChI is InChI=1S/C16H24BNO4/c1-5-17-21-14(19)8-18(9-15(20)22-17)13-7-11-6-12(10(13)2)16(11,3)4/h5,10-13H,1,6-9H2,2-4H3/t10-,11+,12-,13+/m1/s1. The van der Waals surface area contributed by atoms with Gasteiger partial charge in [0.25, 0.3) is 0 Å². The van der Waals surface area contributed by atoms with Crippen LogP contribution in [0.25, 0.3) is 0 Å². The Bertz CT molecular complexity index is 486. The van der Waals surface area contributed by atoms with Crippen LogP contribution in [0, 0.1) is 23.2 Å². The van der Waals surface area contributed by atoms with Crippen LogP contribution in [0.3, 0.4) is 0 Å². The van der Waals surface area contributed by atoms with E-state index in [1.807, 2.05) is 4.90 Å². The molecule has 4 fully saturated rings. The van der Waals surface area contributed by atoms with E-state index in [4.69, 9.17) is 9.31 Å². The molecule has 0 unspecified atom stereocenters. The molecule has 0 aromatic rings. The Hall–Kier alpha value is -1.30. The third-order valence-electron chi connectivity index (χ3n) is 6.13. The van der Waals surface area contributed by atoms with Gasteiger partial charge in [-0.15, -0.1) is 6.58 Å². The van der Waals surface area contributed by atoms with E-state index >= 15 is 0 Å². The van der Waals surface area contributed by atoms with Crippen molar-refractivity contribution < 1.29 is 18.9 Å². The second-order valence-electron chi connectivity index (χ2n) is 7.51. The molecule has 2 bridgehead atoms. The summed E-state index contributed by atoms with van der Waals surface area (Å²) in [6, 6.07) is 0.247. The predicted molar refractivity (Wildman–Crippen MR) is 82.7 cm³/mol. The summed E-state index contributed by atoms with van der Waals surface area (Å²) in [6.45, 7) is 10.7.